The smallest absolute Gasteiger partial charge is 0.326 e. The van der Waals surface area contributed by atoms with E-state index in [0.29, 0.717) is 36.2 Å². The molecule has 176 valence electrons. The standard InChI is InChI=1S/C25H26N4O4S/c1-25(17-6-7-19-20(14-17)33-13-12-32-19)23(30)29(24(31)27-25)15-28-10-8-16(9-11-28)22-26-18-4-2-3-5-21(18)34-22/h2-7,14,16H,8-13,15H2,1H3,(H,27,31)/t25-/m1/s1. The fraction of sp³-hybridized carbons (Fsp3) is 0.400. The molecule has 1 aromatic heterocycles. The van der Waals surface area contributed by atoms with E-state index < -0.39 is 5.54 Å². The minimum Gasteiger partial charge on any atom is -0.486 e. The van der Waals surface area contributed by atoms with Crippen molar-refractivity contribution in [1.82, 2.24) is 20.1 Å². The summed E-state index contributed by atoms with van der Waals surface area (Å²) in [5.41, 5.74) is 0.613. The van der Waals surface area contributed by atoms with E-state index in [2.05, 4.69) is 22.3 Å². The predicted molar refractivity (Wildman–Crippen MR) is 128 cm³/mol. The number of rotatable bonds is 4. The van der Waals surface area contributed by atoms with Crippen molar-refractivity contribution < 1.29 is 19.1 Å². The normalized spacial score (nSPS) is 23.5. The number of urea groups is 1. The lowest BCUT2D eigenvalue weighted by molar-refractivity contribution is -0.132. The average Bonchev–Trinajstić information content (AvgIpc) is 3.39. The zero-order valence-corrected chi connectivity index (χ0v) is 19.8. The molecule has 0 radical (unpaired) electrons. The first-order valence-electron chi connectivity index (χ1n) is 11.6. The maximum atomic E-state index is 13.4. The van der Waals surface area contributed by atoms with Crippen LogP contribution in [0.5, 0.6) is 11.5 Å². The van der Waals surface area contributed by atoms with Crippen LogP contribution in [0.3, 0.4) is 0 Å². The SMILES string of the molecule is C[C@]1(c2ccc3c(c2)OCCO3)NC(=O)N(CN2CCC(c3nc4ccccc4s3)CC2)C1=O. The molecule has 1 N–H and O–H groups in total. The van der Waals surface area contributed by atoms with Crippen LogP contribution in [0.15, 0.2) is 42.5 Å². The molecule has 3 aromatic rings. The fourth-order valence-electron chi connectivity index (χ4n) is 4.96. The molecule has 2 fully saturated rings. The van der Waals surface area contributed by atoms with Crippen molar-refractivity contribution in [2.45, 2.75) is 31.2 Å². The molecule has 34 heavy (non-hydrogen) atoms. The molecule has 0 bridgehead atoms. The maximum Gasteiger partial charge on any atom is 0.326 e. The van der Waals surface area contributed by atoms with Crippen molar-refractivity contribution in [2.24, 2.45) is 0 Å². The van der Waals surface area contributed by atoms with Crippen LogP contribution in [0.25, 0.3) is 10.2 Å². The van der Waals surface area contributed by atoms with Gasteiger partial charge in [-0.15, -0.1) is 11.3 Å². The Morgan fingerprint density at radius 1 is 1.09 bits per heavy atom. The molecule has 0 saturated carbocycles. The molecule has 2 saturated heterocycles. The lowest BCUT2D eigenvalue weighted by Gasteiger charge is -2.33. The summed E-state index contributed by atoms with van der Waals surface area (Å²) >= 11 is 1.77. The molecule has 9 heteroatoms. The summed E-state index contributed by atoms with van der Waals surface area (Å²) < 4.78 is 12.5. The summed E-state index contributed by atoms with van der Waals surface area (Å²) in [5, 5.41) is 4.08. The highest BCUT2D eigenvalue weighted by Gasteiger charge is 2.49. The number of fused-ring (bicyclic) bond motifs is 2. The first kappa shape index (κ1) is 21.4. The molecule has 0 aliphatic carbocycles. The Morgan fingerprint density at radius 2 is 1.85 bits per heavy atom. The number of carbonyl (C=O) groups is 2. The monoisotopic (exact) mass is 478 g/mol. The Kier molecular flexibility index (Phi) is 5.18. The minimum absolute atomic E-state index is 0.248. The molecule has 3 aliphatic rings. The highest BCUT2D eigenvalue weighted by atomic mass is 32.1. The second kappa shape index (κ2) is 8.25. The molecule has 3 aliphatic heterocycles. The Bertz CT molecular complexity index is 1240. The van der Waals surface area contributed by atoms with Gasteiger partial charge in [-0.25, -0.2) is 14.7 Å². The van der Waals surface area contributed by atoms with Crippen LogP contribution in [-0.4, -0.2) is 59.7 Å². The van der Waals surface area contributed by atoms with Gasteiger partial charge in [0.1, 0.15) is 18.8 Å². The van der Waals surface area contributed by atoms with Gasteiger partial charge in [-0.2, -0.15) is 0 Å². The predicted octanol–water partition coefficient (Wildman–Crippen LogP) is 3.67. The summed E-state index contributed by atoms with van der Waals surface area (Å²) in [7, 11) is 0. The number of likely N-dealkylation sites (tertiary alicyclic amines) is 1. The van der Waals surface area contributed by atoms with Crippen LogP contribution in [0, 0.1) is 0 Å². The first-order chi connectivity index (χ1) is 16.5. The third kappa shape index (κ3) is 3.59. The van der Waals surface area contributed by atoms with Gasteiger partial charge in [-0.3, -0.25) is 9.69 Å². The van der Waals surface area contributed by atoms with E-state index in [4.69, 9.17) is 14.5 Å². The van der Waals surface area contributed by atoms with Gasteiger partial charge < -0.3 is 14.8 Å². The van der Waals surface area contributed by atoms with Crippen LogP contribution in [0.1, 0.15) is 36.3 Å². The van der Waals surface area contributed by atoms with Crippen molar-refractivity contribution >= 4 is 33.5 Å². The van der Waals surface area contributed by atoms with E-state index in [1.807, 2.05) is 18.2 Å². The molecule has 4 heterocycles. The second-order valence-electron chi connectivity index (χ2n) is 9.20. The molecule has 3 amide bonds. The van der Waals surface area contributed by atoms with Crippen molar-refractivity contribution in [3.05, 3.63) is 53.0 Å². The number of nitrogens with one attached hydrogen (secondary N) is 1. The molecule has 0 spiro atoms. The highest BCUT2D eigenvalue weighted by Crippen LogP contribution is 2.38. The van der Waals surface area contributed by atoms with Crippen LogP contribution in [0.2, 0.25) is 0 Å². The number of thiazole rings is 1. The van der Waals surface area contributed by atoms with Crippen molar-refractivity contribution in [3.63, 3.8) is 0 Å². The minimum atomic E-state index is -1.13. The number of ether oxygens (including phenoxy) is 2. The van der Waals surface area contributed by atoms with E-state index in [0.717, 1.165) is 31.4 Å². The highest BCUT2D eigenvalue weighted by molar-refractivity contribution is 7.18. The molecule has 8 nitrogen and oxygen atoms in total. The number of hydrogen-bond donors (Lipinski definition) is 1. The second-order valence-corrected chi connectivity index (χ2v) is 10.3. The number of benzene rings is 2. The Hall–Kier alpha value is -3.17. The lowest BCUT2D eigenvalue weighted by atomic mass is 9.91. The third-order valence-corrected chi connectivity index (χ3v) is 8.18. The van der Waals surface area contributed by atoms with Gasteiger partial charge in [0, 0.05) is 19.0 Å². The van der Waals surface area contributed by atoms with Gasteiger partial charge in [-0.05, 0) is 49.6 Å². The van der Waals surface area contributed by atoms with Gasteiger partial charge in [0.05, 0.1) is 21.9 Å². The molecular weight excluding hydrogens is 452 g/mol. The Labute approximate surface area is 201 Å². The van der Waals surface area contributed by atoms with Crippen molar-refractivity contribution in [1.29, 1.82) is 0 Å². The zero-order chi connectivity index (χ0) is 23.3. The lowest BCUT2D eigenvalue weighted by Crippen LogP contribution is -2.46. The van der Waals surface area contributed by atoms with Crippen LogP contribution < -0.4 is 14.8 Å². The molecular formula is C25H26N4O4S. The number of aromatic nitrogens is 1. The largest absolute Gasteiger partial charge is 0.486 e. The van der Waals surface area contributed by atoms with E-state index in [1.165, 1.54) is 14.6 Å². The van der Waals surface area contributed by atoms with Gasteiger partial charge >= 0.3 is 6.03 Å². The number of carbonyl (C=O) groups excluding carboxylic acids is 2. The van der Waals surface area contributed by atoms with Crippen LogP contribution in [-0.2, 0) is 10.3 Å². The summed E-state index contributed by atoms with van der Waals surface area (Å²) in [4.78, 5) is 34.6. The van der Waals surface area contributed by atoms with Crippen molar-refractivity contribution in [2.75, 3.05) is 33.0 Å². The summed E-state index contributed by atoms with van der Waals surface area (Å²) in [6.07, 6.45) is 1.92. The quantitative estimate of drug-likeness (QED) is 0.576. The first-order valence-corrected chi connectivity index (χ1v) is 12.4. The molecule has 6 rings (SSSR count). The zero-order valence-electron chi connectivity index (χ0n) is 19.0. The number of para-hydroxylation sites is 1. The van der Waals surface area contributed by atoms with E-state index in [-0.39, 0.29) is 18.6 Å². The van der Waals surface area contributed by atoms with Gasteiger partial charge in [-0.1, -0.05) is 18.2 Å². The van der Waals surface area contributed by atoms with E-state index in [9.17, 15) is 9.59 Å². The van der Waals surface area contributed by atoms with Gasteiger partial charge in [0.2, 0.25) is 0 Å². The van der Waals surface area contributed by atoms with Gasteiger partial charge in [0.25, 0.3) is 5.91 Å². The van der Waals surface area contributed by atoms with E-state index >= 15 is 0 Å². The topological polar surface area (TPSA) is 84.0 Å². The number of piperidine rings is 1. The maximum absolute atomic E-state index is 13.4. The van der Waals surface area contributed by atoms with Crippen LogP contribution >= 0.6 is 11.3 Å². The van der Waals surface area contributed by atoms with Gasteiger partial charge in [0.15, 0.2) is 11.5 Å². The molecule has 0 unspecified atom stereocenters. The molecule has 1 atom stereocenters. The van der Waals surface area contributed by atoms with Crippen LogP contribution in [0.4, 0.5) is 4.79 Å². The average molecular weight is 479 g/mol. The molecule has 2 aromatic carbocycles. The third-order valence-electron chi connectivity index (χ3n) is 6.98. The number of imide groups is 1. The number of nitrogens with zero attached hydrogens (tertiary/aromatic N) is 3. The number of hydrogen-bond acceptors (Lipinski definition) is 7. The Balaban J connectivity index is 1.13. The summed E-state index contributed by atoms with van der Waals surface area (Å²) in [6.45, 7) is 4.64. The summed E-state index contributed by atoms with van der Waals surface area (Å²) in [6, 6.07) is 13.3. The summed E-state index contributed by atoms with van der Waals surface area (Å²) in [5.74, 6) is 1.42. The van der Waals surface area contributed by atoms with Crippen molar-refractivity contribution in [3.8, 4) is 11.5 Å². The van der Waals surface area contributed by atoms with E-state index in [1.54, 1.807) is 30.4 Å². The fourth-order valence-corrected chi connectivity index (χ4v) is 6.10. The Morgan fingerprint density at radius 3 is 2.65 bits per heavy atom. The number of amides is 3.